The number of hydrogen-bond donors (Lipinski definition) is 1. The molecule has 0 saturated heterocycles. The van der Waals surface area contributed by atoms with E-state index in [2.05, 4.69) is 23.9 Å². The van der Waals surface area contributed by atoms with Crippen LogP contribution in [-0.4, -0.2) is 25.4 Å². The van der Waals surface area contributed by atoms with Crippen LogP contribution in [0.1, 0.15) is 10.4 Å². The lowest BCUT2D eigenvalue weighted by Gasteiger charge is -2.07. The zero-order valence-corrected chi connectivity index (χ0v) is 10.00. The van der Waals surface area contributed by atoms with E-state index in [0.717, 1.165) is 5.57 Å². The molecule has 0 saturated carbocycles. The molecule has 0 heterocycles. The Kier molecular flexibility index (Phi) is 4.92. The van der Waals surface area contributed by atoms with Gasteiger partial charge in [0, 0.05) is 5.75 Å². The van der Waals surface area contributed by atoms with E-state index in [1.807, 2.05) is 0 Å². The fourth-order valence-electron chi connectivity index (χ4n) is 1.06. The lowest BCUT2D eigenvalue weighted by molar-refractivity contribution is 0.0600. The Bertz CT molecular complexity index is 388. The summed E-state index contributed by atoms with van der Waals surface area (Å²) in [7, 11) is 1.35. The van der Waals surface area contributed by atoms with Crippen molar-refractivity contribution in [1.29, 1.82) is 0 Å². The predicted octanol–water partition coefficient (Wildman–Crippen LogP) is 2.34. The van der Waals surface area contributed by atoms with Gasteiger partial charge >= 0.3 is 5.97 Å². The fourth-order valence-corrected chi connectivity index (χ4v) is 1.15. The Morgan fingerprint density at radius 3 is 2.88 bits per heavy atom. The third-order valence-electron chi connectivity index (χ3n) is 1.92. The molecular formula is C12H14O3S. The summed E-state index contributed by atoms with van der Waals surface area (Å²) >= 11 is 4.08. The minimum Gasteiger partial charge on any atom is -0.489 e. The first-order valence-electron chi connectivity index (χ1n) is 4.76. The zero-order valence-electron chi connectivity index (χ0n) is 9.10. The molecule has 0 amide bonds. The van der Waals surface area contributed by atoms with E-state index in [0.29, 0.717) is 23.7 Å². The van der Waals surface area contributed by atoms with Gasteiger partial charge in [-0.1, -0.05) is 12.6 Å². The number of carbonyl (C=O) groups excluding carboxylic acids is 1. The van der Waals surface area contributed by atoms with Crippen LogP contribution >= 0.6 is 12.6 Å². The Labute approximate surface area is 100 Å². The molecule has 0 radical (unpaired) electrons. The summed E-state index contributed by atoms with van der Waals surface area (Å²) in [5, 5.41) is 0. The smallest absolute Gasteiger partial charge is 0.337 e. The second kappa shape index (κ2) is 6.23. The minimum absolute atomic E-state index is 0.376. The maximum atomic E-state index is 11.3. The molecule has 0 fully saturated rings. The van der Waals surface area contributed by atoms with E-state index in [-0.39, 0.29) is 5.97 Å². The van der Waals surface area contributed by atoms with Gasteiger partial charge in [0.05, 0.1) is 12.7 Å². The van der Waals surface area contributed by atoms with E-state index >= 15 is 0 Å². The molecule has 16 heavy (non-hydrogen) atoms. The summed E-state index contributed by atoms with van der Waals surface area (Å²) in [6.45, 7) is 4.17. The largest absolute Gasteiger partial charge is 0.489 e. The zero-order chi connectivity index (χ0) is 12.0. The number of rotatable bonds is 5. The lowest BCUT2D eigenvalue weighted by Crippen LogP contribution is -2.04. The number of methoxy groups -OCH3 is 1. The topological polar surface area (TPSA) is 35.5 Å². The normalized spacial score (nSPS) is 9.62. The first-order valence-corrected chi connectivity index (χ1v) is 5.39. The van der Waals surface area contributed by atoms with Crippen molar-refractivity contribution in [2.24, 2.45) is 0 Å². The fraction of sp³-hybridized carbons (Fsp3) is 0.250. The number of carbonyl (C=O) groups is 1. The maximum Gasteiger partial charge on any atom is 0.337 e. The lowest BCUT2D eigenvalue weighted by atomic mass is 10.2. The van der Waals surface area contributed by atoms with Gasteiger partial charge in [-0.3, -0.25) is 0 Å². The number of benzene rings is 1. The molecule has 4 heteroatoms. The van der Waals surface area contributed by atoms with E-state index in [4.69, 9.17) is 4.74 Å². The molecule has 1 aromatic carbocycles. The standard InChI is InChI=1S/C12H14O3S/c1-9(8-16)7-15-11-5-3-4-10(6-11)12(13)14-2/h3-6,16H,1,7-8H2,2H3. The van der Waals surface area contributed by atoms with Gasteiger partial charge in [-0.25, -0.2) is 4.79 Å². The first kappa shape index (κ1) is 12.6. The Hall–Kier alpha value is -1.42. The van der Waals surface area contributed by atoms with Crippen LogP contribution in [-0.2, 0) is 4.74 Å². The molecule has 0 bridgehead atoms. The van der Waals surface area contributed by atoms with Crippen LogP contribution in [0.5, 0.6) is 5.75 Å². The first-order chi connectivity index (χ1) is 7.67. The molecule has 1 rings (SSSR count). The molecule has 0 spiro atoms. The third kappa shape index (κ3) is 3.62. The van der Waals surface area contributed by atoms with Crippen molar-refractivity contribution in [1.82, 2.24) is 0 Å². The molecule has 0 N–H and O–H groups in total. The molecule has 86 valence electrons. The molecule has 0 aromatic heterocycles. The van der Waals surface area contributed by atoms with Gasteiger partial charge in [0.1, 0.15) is 12.4 Å². The van der Waals surface area contributed by atoms with Crippen LogP contribution in [0.25, 0.3) is 0 Å². The van der Waals surface area contributed by atoms with Gasteiger partial charge in [0.2, 0.25) is 0 Å². The van der Waals surface area contributed by atoms with Gasteiger partial charge in [-0.05, 0) is 23.8 Å². The van der Waals surface area contributed by atoms with Crippen LogP contribution in [0.4, 0.5) is 0 Å². The number of thiol groups is 1. The van der Waals surface area contributed by atoms with Crippen molar-refractivity contribution in [3.8, 4) is 5.75 Å². The SMILES string of the molecule is C=C(CS)COc1cccc(C(=O)OC)c1. The Morgan fingerprint density at radius 2 is 2.25 bits per heavy atom. The predicted molar refractivity (Wildman–Crippen MR) is 66.3 cm³/mol. The van der Waals surface area contributed by atoms with Crippen molar-refractivity contribution < 1.29 is 14.3 Å². The highest BCUT2D eigenvalue weighted by Gasteiger charge is 2.06. The van der Waals surface area contributed by atoms with Gasteiger partial charge in [0.25, 0.3) is 0 Å². The van der Waals surface area contributed by atoms with Crippen LogP contribution in [0.15, 0.2) is 36.4 Å². The summed E-state index contributed by atoms with van der Waals surface area (Å²) in [6.07, 6.45) is 0. The summed E-state index contributed by atoms with van der Waals surface area (Å²) < 4.78 is 10.1. The quantitative estimate of drug-likeness (QED) is 0.486. The van der Waals surface area contributed by atoms with Crippen molar-refractivity contribution in [2.75, 3.05) is 19.5 Å². The van der Waals surface area contributed by atoms with Crippen molar-refractivity contribution in [3.05, 3.63) is 42.0 Å². The Morgan fingerprint density at radius 1 is 1.50 bits per heavy atom. The number of hydrogen-bond acceptors (Lipinski definition) is 4. The highest BCUT2D eigenvalue weighted by molar-refractivity contribution is 7.80. The number of ether oxygens (including phenoxy) is 2. The van der Waals surface area contributed by atoms with Crippen molar-refractivity contribution in [2.45, 2.75) is 0 Å². The summed E-state index contributed by atoms with van der Waals surface area (Å²) in [5.74, 6) is 0.820. The molecule has 0 atom stereocenters. The molecule has 0 aliphatic rings. The van der Waals surface area contributed by atoms with E-state index < -0.39 is 0 Å². The average molecular weight is 238 g/mol. The molecule has 1 aromatic rings. The summed E-state index contributed by atoms with van der Waals surface area (Å²) in [5.41, 5.74) is 1.35. The van der Waals surface area contributed by atoms with Gasteiger partial charge in [-0.2, -0.15) is 12.6 Å². The van der Waals surface area contributed by atoms with E-state index in [1.165, 1.54) is 7.11 Å². The van der Waals surface area contributed by atoms with E-state index in [9.17, 15) is 4.79 Å². The second-order valence-corrected chi connectivity index (χ2v) is 3.53. The van der Waals surface area contributed by atoms with Crippen LogP contribution in [0, 0.1) is 0 Å². The van der Waals surface area contributed by atoms with Crippen molar-refractivity contribution >= 4 is 18.6 Å². The highest BCUT2D eigenvalue weighted by Crippen LogP contribution is 2.14. The molecule has 0 unspecified atom stereocenters. The summed E-state index contributed by atoms with van der Waals surface area (Å²) in [6, 6.07) is 6.83. The van der Waals surface area contributed by atoms with Gasteiger partial charge in [0.15, 0.2) is 0 Å². The Balaban J connectivity index is 2.67. The maximum absolute atomic E-state index is 11.3. The number of esters is 1. The average Bonchev–Trinajstić information content (AvgIpc) is 2.35. The van der Waals surface area contributed by atoms with Crippen LogP contribution < -0.4 is 4.74 Å². The van der Waals surface area contributed by atoms with Gasteiger partial charge in [-0.15, -0.1) is 0 Å². The molecular weight excluding hydrogens is 224 g/mol. The second-order valence-electron chi connectivity index (χ2n) is 3.22. The molecule has 0 aliphatic heterocycles. The summed E-state index contributed by atoms with van der Waals surface area (Å²) in [4.78, 5) is 11.3. The molecule has 3 nitrogen and oxygen atoms in total. The monoisotopic (exact) mass is 238 g/mol. The van der Waals surface area contributed by atoms with Gasteiger partial charge < -0.3 is 9.47 Å². The van der Waals surface area contributed by atoms with E-state index in [1.54, 1.807) is 24.3 Å². The minimum atomic E-state index is -0.376. The highest BCUT2D eigenvalue weighted by atomic mass is 32.1. The van der Waals surface area contributed by atoms with Crippen LogP contribution in [0.2, 0.25) is 0 Å². The molecule has 0 aliphatic carbocycles. The van der Waals surface area contributed by atoms with Crippen LogP contribution in [0.3, 0.4) is 0 Å². The third-order valence-corrected chi connectivity index (χ3v) is 2.37. The van der Waals surface area contributed by atoms with Crippen molar-refractivity contribution in [3.63, 3.8) is 0 Å².